The molecule has 0 aliphatic carbocycles. The van der Waals surface area contributed by atoms with Crippen molar-refractivity contribution in [2.75, 3.05) is 19.6 Å². The normalized spacial score (nSPS) is 17.1. The predicted octanol–water partition coefficient (Wildman–Crippen LogP) is 3.01. The second-order valence-corrected chi connectivity index (χ2v) is 8.33. The zero-order valence-corrected chi connectivity index (χ0v) is 16.7. The monoisotopic (exact) mass is 408 g/mol. The van der Waals surface area contributed by atoms with Crippen molar-refractivity contribution >= 4 is 28.2 Å². The van der Waals surface area contributed by atoms with Gasteiger partial charge in [-0.2, -0.15) is 0 Å². The number of hydrogen-bond acceptors (Lipinski definition) is 4. The summed E-state index contributed by atoms with van der Waals surface area (Å²) in [7, 11) is -3.74. The Morgan fingerprint density at radius 1 is 1.07 bits per heavy atom. The number of carbonyl (C=O) groups is 1. The number of nitrogens with one attached hydrogen (secondary N) is 2. The first-order chi connectivity index (χ1) is 12.6. The molecule has 5 nitrogen and oxygen atoms in total. The zero-order valence-electron chi connectivity index (χ0n) is 15.1. The number of rotatable bonds is 7. The van der Waals surface area contributed by atoms with E-state index in [0.29, 0.717) is 18.0 Å². The van der Waals surface area contributed by atoms with Crippen LogP contribution in [0, 0.1) is 5.92 Å². The molecule has 0 bridgehead atoms. The van der Waals surface area contributed by atoms with Crippen LogP contribution in [0.25, 0.3) is 0 Å². The van der Waals surface area contributed by atoms with Gasteiger partial charge >= 0.3 is 0 Å². The number of hydrogen-bond donors (Lipinski definition) is 2. The van der Waals surface area contributed by atoms with E-state index in [1.807, 2.05) is 6.07 Å². The molecule has 2 aromatic rings. The maximum atomic E-state index is 12.8. The van der Waals surface area contributed by atoms with Crippen molar-refractivity contribution in [3.63, 3.8) is 0 Å². The summed E-state index contributed by atoms with van der Waals surface area (Å²) in [6.45, 7) is 2.35. The Bertz CT molecular complexity index is 851. The first-order valence-corrected chi connectivity index (χ1v) is 10.5. The van der Waals surface area contributed by atoms with Gasteiger partial charge in [0, 0.05) is 17.7 Å². The van der Waals surface area contributed by atoms with Crippen LogP contribution in [0.1, 0.15) is 35.2 Å². The molecule has 1 fully saturated rings. The third-order valence-electron chi connectivity index (χ3n) is 4.70. The van der Waals surface area contributed by atoms with Crippen LogP contribution in [-0.2, 0) is 10.0 Å². The molecule has 2 N–H and O–H groups in total. The van der Waals surface area contributed by atoms with Gasteiger partial charge in [0.1, 0.15) is 0 Å². The molecule has 1 aliphatic rings. The Hall–Kier alpha value is -1.73. The Kier molecular flexibility index (Phi) is 7.98. The van der Waals surface area contributed by atoms with Crippen molar-refractivity contribution < 1.29 is 13.2 Å². The minimum absolute atomic E-state index is 0. The third-order valence-corrected chi connectivity index (χ3v) is 6.22. The molecule has 0 saturated carbocycles. The van der Waals surface area contributed by atoms with E-state index in [-0.39, 0.29) is 28.6 Å². The third kappa shape index (κ3) is 5.62. The summed E-state index contributed by atoms with van der Waals surface area (Å²) < 4.78 is 28.2. The molecular formula is C20H25ClN2O3S. The largest absolute Gasteiger partial charge is 0.316 e. The van der Waals surface area contributed by atoms with Crippen molar-refractivity contribution in [2.45, 2.75) is 24.2 Å². The fourth-order valence-electron chi connectivity index (χ4n) is 3.28. The quantitative estimate of drug-likeness (QED) is 0.690. The minimum atomic E-state index is -3.74. The molecule has 0 aromatic heterocycles. The number of carbonyl (C=O) groups excluding carboxylic acids is 1. The Morgan fingerprint density at radius 3 is 2.48 bits per heavy atom. The van der Waals surface area contributed by atoms with E-state index in [1.165, 1.54) is 6.07 Å². The van der Waals surface area contributed by atoms with Gasteiger partial charge in [0.2, 0.25) is 10.0 Å². The predicted molar refractivity (Wildman–Crippen MR) is 109 cm³/mol. The summed E-state index contributed by atoms with van der Waals surface area (Å²) in [6, 6.07) is 15.1. The molecule has 1 heterocycles. The van der Waals surface area contributed by atoms with E-state index in [2.05, 4.69) is 10.0 Å². The van der Waals surface area contributed by atoms with Gasteiger partial charge in [-0.1, -0.05) is 42.5 Å². The maximum absolute atomic E-state index is 12.8. The van der Waals surface area contributed by atoms with Gasteiger partial charge < -0.3 is 5.32 Å². The van der Waals surface area contributed by atoms with Crippen LogP contribution in [0.3, 0.4) is 0 Å². The topological polar surface area (TPSA) is 75.3 Å². The first-order valence-electron chi connectivity index (χ1n) is 8.97. The van der Waals surface area contributed by atoms with E-state index in [9.17, 15) is 13.2 Å². The van der Waals surface area contributed by atoms with Crippen LogP contribution in [0.4, 0.5) is 0 Å². The second kappa shape index (κ2) is 9.99. The molecule has 0 spiro atoms. The average molecular weight is 409 g/mol. The summed E-state index contributed by atoms with van der Waals surface area (Å²) >= 11 is 0. The van der Waals surface area contributed by atoms with Crippen LogP contribution in [-0.4, -0.2) is 33.8 Å². The molecule has 3 rings (SSSR count). The fraction of sp³-hybridized carbons (Fsp3) is 0.350. The molecule has 1 aliphatic heterocycles. The molecule has 0 amide bonds. The number of halogens is 1. The van der Waals surface area contributed by atoms with E-state index >= 15 is 0 Å². The smallest absolute Gasteiger partial charge is 0.241 e. The minimum Gasteiger partial charge on any atom is -0.316 e. The highest BCUT2D eigenvalue weighted by atomic mass is 35.5. The summed E-state index contributed by atoms with van der Waals surface area (Å²) in [5, 5.41) is 3.33. The Labute approximate surface area is 167 Å². The van der Waals surface area contributed by atoms with Gasteiger partial charge in [-0.3, -0.25) is 4.79 Å². The summed E-state index contributed by atoms with van der Waals surface area (Å²) in [5.41, 5.74) is 0.675. The lowest BCUT2D eigenvalue weighted by molar-refractivity contribution is 0.103. The van der Waals surface area contributed by atoms with Gasteiger partial charge in [-0.05, 0) is 50.4 Å². The zero-order chi connectivity index (χ0) is 18.4. The highest BCUT2D eigenvalue weighted by Gasteiger charge is 2.23. The van der Waals surface area contributed by atoms with Crippen molar-refractivity contribution in [3.05, 3.63) is 65.7 Å². The SMILES string of the molecule is Cl.O=C(c1ccccc1)c1ccccc1S(=O)(=O)NCCC1CCCNC1. The molecule has 1 unspecified atom stereocenters. The number of ketones is 1. The summed E-state index contributed by atoms with van der Waals surface area (Å²) in [5.74, 6) is 0.204. The molecule has 1 atom stereocenters. The number of piperidine rings is 1. The summed E-state index contributed by atoms with van der Waals surface area (Å²) in [4.78, 5) is 12.8. The highest BCUT2D eigenvalue weighted by Crippen LogP contribution is 2.20. The van der Waals surface area contributed by atoms with E-state index in [1.54, 1.807) is 42.5 Å². The lowest BCUT2D eigenvalue weighted by Crippen LogP contribution is -2.33. The Morgan fingerprint density at radius 2 is 1.78 bits per heavy atom. The second-order valence-electron chi connectivity index (χ2n) is 6.59. The summed E-state index contributed by atoms with van der Waals surface area (Å²) in [6.07, 6.45) is 3.05. The van der Waals surface area contributed by atoms with Crippen LogP contribution in [0.2, 0.25) is 0 Å². The van der Waals surface area contributed by atoms with Gasteiger partial charge in [0.05, 0.1) is 4.90 Å². The highest BCUT2D eigenvalue weighted by molar-refractivity contribution is 7.89. The molecule has 2 aromatic carbocycles. The van der Waals surface area contributed by atoms with Crippen LogP contribution in [0.5, 0.6) is 0 Å². The molecule has 0 radical (unpaired) electrons. The lowest BCUT2D eigenvalue weighted by Gasteiger charge is -2.22. The van der Waals surface area contributed by atoms with Gasteiger partial charge in [0.15, 0.2) is 5.78 Å². The van der Waals surface area contributed by atoms with Crippen molar-refractivity contribution in [1.29, 1.82) is 0 Å². The molecular weight excluding hydrogens is 384 g/mol. The van der Waals surface area contributed by atoms with Crippen LogP contribution < -0.4 is 10.0 Å². The molecule has 7 heteroatoms. The molecule has 1 saturated heterocycles. The fourth-order valence-corrected chi connectivity index (χ4v) is 4.53. The van der Waals surface area contributed by atoms with Crippen molar-refractivity contribution in [1.82, 2.24) is 10.0 Å². The Balaban J connectivity index is 0.00000261. The van der Waals surface area contributed by atoms with Gasteiger partial charge in [0.25, 0.3) is 0 Å². The van der Waals surface area contributed by atoms with Gasteiger partial charge in [-0.25, -0.2) is 13.1 Å². The maximum Gasteiger partial charge on any atom is 0.241 e. The average Bonchev–Trinajstić information content (AvgIpc) is 2.69. The van der Waals surface area contributed by atoms with Gasteiger partial charge in [-0.15, -0.1) is 12.4 Å². The molecule has 27 heavy (non-hydrogen) atoms. The standard InChI is InChI=1S/C20H24N2O3S.ClH/c23-20(17-8-2-1-3-9-17)18-10-4-5-11-19(18)26(24,25)22-14-12-16-7-6-13-21-15-16;/h1-5,8-11,16,21-22H,6-7,12-15H2;1H. The van der Waals surface area contributed by atoms with Crippen molar-refractivity contribution in [2.24, 2.45) is 5.92 Å². The number of sulfonamides is 1. The molecule has 146 valence electrons. The van der Waals surface area contributed by atoms with E-state index in [4.69, 9.17) is 0 Å². The van der Waals surface area contributed by atoms with E-state index < -0.39 is 10.0 Å². The number of benzene rings is 2. The van der Waals surface area contributed by atoms with Crippen LogP contribution in [0.15, 0.2) is 59.5 Å². The first kappa shape index (κ1) is 21.6. The van der Waals surface area contributed by atoms with E-state index in [0.717, 1.165) is 32.4 Å². The van der Waals surface area contributed by atoms with Crippen LogP contribution >= 0.6 is 12.4 Å². The lowest BCUT2D eigenvalue weighted by atomic mass is 9.96. The van der Waals surface area contributed by atoms with Crippen molar-refractivity contribution in [3.8, 4) is 0 Å².